The zero-order chi connectivity index (χ0) is 12.5. The van der Waals surface area contributed by atoms with Crippen LogP contribution in [0.4, 0.5) is 0 Å². The van der Waals surface area contributed by atoms with E-state index in [1.54, 1.807) is 0 Å². The lowest BCUT2D eigenvalue weighted by atomic mass is 9.96. The quantitative estimate of drug-likeness (QED) is 0.588. The predicted molar refractivity (Wildman–Crippen MR) is 56.9 cm³/mol. The molecular formula is C11H14O5. The van der Waals surface area contributed by atoms with E-state index in [1.807, 2.05) is 13.8 Å². The molecule has 1 aromatic rings. The standard InChI is InChI=1S/C11H14O5/c1-5(2)3-6-7(11(15)16)4-8(12)10(14)9(6)13/h4-5,12-14H,3H2,1-2H3,(H,15,16). The molecular weight excluding hydrogens is 212 g/mol. The maximum absolute atomic E-state index is 10.9. The number of rotatable bonds is 3. The van der Waals surface area contributed by atoms with Crippen molar-refractivity contribution in [3.8, 4) is 17.2 Å². The number of hydrogen-bond donors (Lipinski definition) is 4. The summed E-state index contributed by atoms with van der Waals surface area (Å²) in [5.74, 6) is -3.01. The van der Waals surface area contributed by atoms with Gasteiger partial charge in [-0.1, -0.05) is 13.8 Å². The zero-order valence-corrected chi connectivity index (χ0v) is 9.06. The molecule has 0 aromatic heterocycles. The molecule has 0 radical (unpaired) electrons. The van der Waals surface area contributed by atoms with Crippen LogP contribution in [-0.4, -0.2) is 26.4 Å². The highest BCUT2D eigenvalue weighted by molar-refractivity contribution is 5.91. The first-order valence-corrected chi connectivity index (χ1v) is 4.84. The second-order valence-electron chi connectivity index (χ2n) is 4.02. The van der Waals surface area contributed by atoms with Crippen LogP contribution < -0.4 is 0 Å². The highest BCUT2D eigenvalue weighted by atomic mass is 16.4. The van der Waals surface area contributed by atoms with Crippen molar-refractivity contribution in [2.45, 2.75) is 20.3 Å². The van der Waals surface area contributed by atoms with Gasteiger partial charge >= 0.3 is 5.97 Å². The van der Waals surface area contributed by atoms with Gasteiger partial charge in [-0.15, -0.1) is 0 Å². The molecule has 0 fully saturated rings. The highest BCUT2D eigenvalue weighted by Gasteiger charge is 2.21. The Labute approximate surface area is 92.6 Å². The van der Waals surface area contributed by atoms with Gasteiger partial charge in [-0.3, -0.25) is 0 Å². The second kappa shape index (κ2) is 4.30. The maximum atomic E-state index is 10.9. The molecule has 4 N–H and O–H groups in total. The summed E-state index contributed by atoms with van der Waals surface area (Å²) < 4.78 is 0. The van der Waals surface area contributed by atoms with Crippen LogP contribution in [-0.2, 0) is 6.42 Å². The van der Waals surface area contributed by atoms with Gasteiger partial charge in [0.15, 0.2) is 11.5 Å². The zero-order valence-electron chi connectivity index (χ0n) is 9.06. The van der Waals surface area contributed by atoms with Gasteiger partial charge in [-0.2, -0.15) is 0 Å². The average molecular weight is 226 g/mol. The lowest BCUT2D eigenvalue weighted by Crippen LogP contribution is -2.06. The van der Waals surface area contributed by atoms with E-state index in [0.29, 0.717) is 6.42 Å². The Morgan fingerprint density at radius 3 is 2.25 bits per heavy atom. The average Bonchev–Trinajstić information content (AvgIpc) is 2.17. The number of phenolic OH excluding ortho intramolecular Hbond substituents is 3. The number of carboxylic acids is 1. The highest BCUT2D eigenvalue weighted by Crippen LogP contribution is 2.40. The molecule has 16 heavy (non-hydrogen) atoms. The van der Waals surface area contributed by atoms with Crippen LogP contribution in [0.1, 0.15) is 29.8 Å². The normalized spacial score (nSPS) is 10.7. The van der Waals surface area contributed by atoms with Crippen molar-refractivity contribution in [3.63, 3.8) is 0 Å². The monoisotopic (exact) mass is 226 g/mol. The van der Waals surface area contributed by atoms with Crippen LogP contribution in [0, 0.1) is 5.92 Å². The molecule has 0 aliphatic heterocycles. The van der Waals surface area contributed by atoms with Crippen molar-refractivity contribution in [2.24, 2.45) is 5.92 Å². The van der Waals surface area contributed by atoms with E-state index >= 15 is 0 Å². The Morgan fingerprint density at radius 1 is 1.25 bits per heavy atom. The molecule has 0 aliphatic rings. The summed E-state index contributed by atoms with van der Waals surface area (Å²) in [4.78, 5) is 10.9. The van der Waals surface area contributed by atoms with Gasteiger partial charge in [0.2, 0.25) is 5.75 Å². The van der Waals surface area contributed by atoms with Crippen molar-refractivity contribution < 1.29 is 25.2 Å². The molecule has 0 spiro atoms. The number of carbonyl (C=O) groups is 1. The molecule has 88 valence electrons. The van der Waals surface area contributed by atoms with E-state index in [0.717, 1.165) is 6.07 Å². The number of benzene rings is 1. The number of hydrogen-bond acceptors (Lipinski definition) is 4. The van der Waals surface area contributed by atoms with E-state index in [-0.39, 0.29) is 17.0 Å². The van der Waals surface area contributed by atoms with E-state index in [4.69, 9.17) is 5.11 Å². The van der Waals surface area contributed by atoms with E-state index in [9.17, 15) is 20.1 Å². The Hall–Kier alpha value is -1.91. The minimum atomic E-state index is -1.25. The number of carboxylic acid groups (broad SMARTS) is 1. The fourth-order valence-corrected chi connectivity index (χ4v) is 1.49. The van der Waals surface area contributed by atoms with Gasteiger partial charge in [0.25, 0.3) is 0 Å². The van der Waals surface area contributed by atoms with Crippen molar-refractivity contribution in [1.82, 2.24) is 0 Å². The second-order valence-corrected chi connectivity index (χ2v) is 4.02. The Morgan fingerprint density at radius 2 is 1.81 bits per heavy atom. The Bertz CT molecular complexity index is 423. The van der Waals surface area contributed by atoms with Gasteiger partial charge in [-0.25, -0.2) is 4.79 Å². The molecule has 0 amide bonds. The van der Waals surface area contributed by atoms with Gasteiger partial charge in [0.1, 0.15) is 0 Å². The van der Waals surface area contributed by atoms with Gasteiger partial charge < -0.3 is 20.4 Å². The largest absolute Gasteiger partial charge is 0.504 e. The molecule has 1 aromatic carbocycles. The molecule has 0 heterocycles. The molecule has 0 unspecified atom stereocenters. The lowest BCUT2D eigenvalue weighted by molar-refractivity contribution is 0.0694. The van der Waals surface area contributed by atoms with Crippen molar-refractivity contribution in [2.75, 3.05) is 0 Å². The fourth-order valence-electron chi connectivity index (χ4n) is 1.49. The summed E-state index contributed by atoms with van der Waals surface area (Å²) in [7, 11) is 0. The molecule has 0 atom stereocenters. The van der Waals surface area contributed by atoms with Gasteiger partial charge in [0, 0.05) is 5.56 Å². The molecule has 5 heteroatoms. The molecule has 0 aliphatic carbocycles. The minimum Gasteiger partial charge on any atom is -0.504 e. The number of aromatic carboxylic acids is 1. The minimum absolute atomic E-state index is 0.118. The maximum Gasteiger partial charge on any atom is 0.336 e. The summed E-state index contributed by atoms with van der Waals surface area (Å²) in [5, 5.41) is 37.0. The first kappa shape index (κ1) is 12.2. The SMILES string of the molecule is CC(C)Cc1c(C(=O)O)cc(O)c(O)c1O. The van der Waals surface area contributed by atoms with Crippen molar-refractivity contribution in [1.29, 1.82) is 0 Å². The molecule has 0 saturated carbocycles. The fraction of sp³-hybridized carbons (Fsp3) is 0.364. The Balaban J connectivity index is 3.41. The molecule has 5 nitrogen and oxygen atoms in total. The molecule has 0 bridgehead atoms. The first-order valence-electron chi connectivity index (χ1n) is 4.84. The summed E-state index contributed by atoms with van der Waals surface area (Å²) in [6.07, 6.45) is 0.307. The first-order chi connectivity index (χ1) is 7.34. The third-order valence-corrected chi connectivity index (χ3v) is 2.20. The summed E-state index contributed by atoms with van der Waals surface area (Å²) >= 11 is 0. The summed E-state index contributed by atoms with van der Waals surface area (Å²) in [6, 6.07) is 0.940. The molecule has 0 saturated heterocycles. The number of aromatic hydroxyl groups is 3. The third-order valence-electron chi connectivity index (χ3n) is 2.20. The third kappa shape index (κ3) is 2.18. The predicted octanol–water partition coefficient (Wildman–Crippen LogP) is 1.70. The van der Waals surface area contributed by atoms with Gasteiger partial charge in [-0.05, 0) is 18.4 Å². The van der Waals surface area contributed by atoms with Crippen LogP contribution in [0.5, 0.6) is 17.2 Å². The van der Waals surface area contributed by atoms with Crippen molar-refractivity contribution >= 4 is 5.97 Å². The van der Waals surface area contributed by atoms with Crippen molar-refractivity contribution in [3.05, 3.63) is 17.2 Å². The van der Waals surface area contributed by atoms with Gasteiger partial charge in [0.05, 0.1) is 5.56 Å². The lowest BCUT2D eigenvalue weighted by Gasteiger charge is -2.13. The molecule has 1 rings (SSSR count). The summed E-state index contributed by atoms with van der Waals surface area (Å²) in [5.41, 5.74) is -0.0562. The van der Waals surface area contributed by atoms with Crippen LogP contribution in [0.3, 0.4) is 0 Å². The van der Waals surface area contributed by atoms with Crippen LogP contribution in [0.25, 0.3) is 0 Å². The topological polar surface area (TPSA) is 98.0 Å². The number of phenols is 3. The van der Waals surface area contributed by atoms with E-state index in [2.05, 4.69) is 0 Å². The van der Waals surface area contributed by atoms with E-state index < -0.39 is 23.2 Å². The Kier molecular flexibility index (Phi) is 3.27. The van der Waals surface area contributed by atoms with Crippen LogP contribution >= 0.6 is 0 Å². The van der Waals surface area contributed by atoms with E-state index in [1.165, 1.54) is 0 Å². The summed E-state index contributed by atoms with van der Waals surface area (Å²) in [6.45, 7) is 3.71. The smallest absolute Gasteiger partial charge is 0.336 e. The van der Waals surface area contributed by atoms with Crippen LogP contribution in [0.2, 0.25) is 0 Å². The van der Waals surface area contributed by atoms with Crippen LogP contribution in [0.15, 0.2) is 6.07 Å².